The average Bonchev–Trinajstić information content (AvgIpc) is 2.98. The molecule has 16 heavy (non-hydrogen) atoms. The number of hydrogen-bond acceptors (Lipinski definition) is 3. The maximum atomic E-state index is 4.05. The van der Waals surface area contributed by atoms with Crippen molar-refractivity contribution in [3.8, 4) is 0 Å². The molecule has 3 rings (SSSR count). The van der Waals surface area contributed by atoms with Gasteiger partial charge in [-0.25, -0.2) is 0 Å². The molecule has 0 aliphatic carbocycles. The van der Waals surface area contributed by atoms with Crippen LogP contribution in [0.15, 0.2) is 12.3 Å². The number of nitrogens with one attached hydrogen (secondary N) is 1. The molecule has 0 aromatic carbocycles. The van der Waals surface area contributed by atoms with Crippen LogP contribution in [-0.2, 0) is 0 Å². The van der Waals surface area contributed by atoms with Crippen LogP contribution in [0.5, 0.6) is 0 Å². The summed E-state index contributed by atoms with van der Waals surface area (Å²) in [5.41, 5.74) is 0. The first-order valence-electron chi connectivity index (χ1n) is 6.42. The third kappa shape index (κ3) is 1.94. The van der Waals surface area contributed by atoms with Crippen molar-refractivity contribution in [2.24, 2.45) is 0 Å². The molecule has 0 spiro atoms. The molecule has 88 valence electrons. The zero-order chi connectivity index (χ0) is 10.8. The number of H-pyrrole nitrogens is 1. The van der Waals surface area contributed by atoms with Gasteiger partial charge in [-0.05, 0) is 38.8 Å². The molecule has 2 aliphatic rings. The summed E-state index contributed by atoms with van der Waals surface area (Å²) in [5.74, 6) is 1.20. The molecule has 4 heteroatoms. The van der Waals surface area contributed by atoms with E-state index in [0.29, 0.717) is 6.04 Å². The summed E-state index contributed by atoms with van der Waals surface area (Å²) in [6.45, 7) is 5.01. The SMILES string of the molecule is c1cc(N2CCCC2CN2CCCC2)[nH]n1. The lowest BCUT2D eigenvalue weighted by Crippen LogP contribution is -2.39. The summed E-state index contributed by atoms with van der Waals surface area (Å²) in [6.07, 6.45) is 7.27. The van der Waals surface area contributed by atoms with Crippen molar-refractivity contribution in [2.45, 2.75) is 31.7 Å². The molecule has 0 bridgehead atoms. The second-order valence-electron chi connectivity index (χ2n) is 4.94. The molecule has 0 amide bonds. The van der Waals surface area contributed by atoms with E-state index in [9.17, 15) is 0 Å². The quantitative estimate of drug-likeness (QED) is 0.838. The third-order valence-electron chi connectivity index (χ3n) is 3.84. The van der Waals surface area contributed by atoms with Crippen LogP contribution in [0.25, 0.3) is 0 Å². The first-order valence-corrected chi connectivity index (χ1v) is 6.42. The highest BCUT2D eigenvalue weighted by Gasteiger charge is 2.28. The van der Waals surface area contributed by atoms with Gasteiger partial charge in [0.2, 0.25) is 0 Å². The van der Waals surface area contributed by atoms with Gasteiger partial charge in [0.1, 0.15) is 5.82 Å². The molecule has 1 aromatic heterocycles. The molecule has 1 aromatic rings. The van der Waals surface area contributed by atoms with Crippen LogP contribution in [0.4, 0.5) is 5.82 Å². The highest BCUT2D eigenvalue weighted by Crippen LogP contribution is 2.24. The van der Waals surface area contributed by atoms with Crippen molar-refractivity contribution in [1.82, 2.24) is 15.1 Å². The van der Waals surface area contributed by atoms with Gasteiger partial charge in [-0.3, -0.25) is 5.10 Å². The van der Waals surface area contributed by atoms with Crippen LogP contribution in [0.1, 0.15) is 25.7 Å². The Bertz CT molecular complexity index is 316. The maximum absolute atomic E-state index is 4.05. The first kappa shape index (κ1) is 10.1. The molecule has 2 aliphatic heterocycles. The van der Waals surface area contributed by atoms with Gasteiger partial charge in [0.05, 0.1) is 6.20 Å². The van der Waals surface area contributed by atoms with Gasteiger partial charge in [-0.15, -0.1) is 0 Å². The molecule has 4 nitrogen and oxygen atoms in total. The molecule has 0 saturated carbocycles. The topological polar surface area (TPSA) is 35.2 Å². The van der Waals surface area contributed by atoms with E-state index in [1.807, 2.05) is 6.20 Å². The summed E-state index contributed by atoms with van der Waals surface area (Å²) < 4.78 is 0. The summed E-state index contributed by atoms with van der Waals surface area (Å²) in [6, 6.07) is 2.78. The van der Waals surface area contributed by atoms with Crippen molar-refractivity contribution in [3.63, 3.8) is 0 Å². The molecule has 1 unspecified atom stereocenters. The normalized spacial score (nSPS) is 26.8. The number of aromatic nitrogens is 2. The second kappa shape index (κ2) is 4.45. The van der Waals surface area contributed by atoms with E-state index >= 15 is 0 Å². The standard InChI is InChI=1S/C12H20N4/c1-2-8-15(7-1)10-11-4-3-9-16(11)12-5-6-13-14-12/h5-6,11H,1-4,7-10H2,(H,13,14). The third-order valence-corrected chi connectivity index (χ3v) is 3.84. The van der Waals surface area contributed by atoms with Crippen LogP contribution in [0, 0.1) is 0 Å². The molecule has 2 fully saturated rings. The van der Waals surface area contributed by atoms with Gasteiger partial charge < -0.3 is 9.80 Å². The molecule has 1 N–H and O–H groups in total. The fourth-order valence-corrected chi connectivity index (χ4v) is 3.01. The smallest absolute Gasteiger partial charge is 0.124 e. The van der Waals surface area contributed by atoms with Crippen molar-refractivity contribution < 1.29 is 0 Å². The number of nitrogens with zero attached hydrogens (tertiary/aromatic N) is 3. The number of aromatic amines is 1. The van der Waals surface area contributed by atoms with E-state index in [0.717, 1.165) is 0 Å². The summed E-state index contributed by atoms with van der Waals surface area (Å²) in [7, 11) is 0. The van der Waals surface area contributed by atoms with Gasteiger partial charge in [0, 0.05) is 25.2 Å². The fourth-order valence-electron chi connectivity index (χ4n) is 3.01. The summed E-state index contributed by atoms with van der Waals surface area (Å²) in [4.78, 5) is 5.10. The Hall–Kier alpha value is -1.03. The van der Waals surface area contributed by atoms with Gasteiger partial charge >= 0.3 is 0 Å². The number of likely N-dealkylation sites (tertiary alicyclic amines) is 1. The predicted octanol–water partition coefficient (Wildman–Crippen LogP) is 1.47. The van der Waals surface area contributed by atoms with Crippen molar-refractivity contribution in [2.75, 3.05) is 31.1 Å². The zero-order valence-electron chi connectivity index (χ0n) is 9.73. The Morgan fingerprint density at radius 3 is 2.88 bits per heavy atom. The molecule has 1 atom stereocenters. The minimum absolute atomic E-state index is 0.693. The highest BCUT2D eigenvalue weighted by molar-refractivity contribution is 5.39. The van der Waals surface area contributed by atoms with Crippen LogP contribution < -0.4 is 4.90 Å². The monoisotopic (exact) mass is 220 g/mol. The highest BCUT2D eigenvalue weighted by atomic mass is 15.3. The molecule has 3 heterocycles. The van der Waals surface area contributed by atoms with E-state index in [-0.39, 0.29) is 0 Å². The van der Waals surface area contributed by atoms with Crippen molar-refractivity contribution in [1.29, 1.82) is 0 Å². The molecule has 2 saturated heterocycles. The number of rotatable bonds is 3. The van der Waals surface area contributed by atoms with Crippen LogP contribution in [-0.4, -0.2) is 47.3 Å². The second-order valence-corrected chi connectivity index (χ2v) is 4.94. The van der Waals surface area contributed by atoms with E-state index < -0.39 is 0 Å². The Morgan fingerprint density at radius 2 is 2.12 bits per heavy atom. The van der Waals surface area contributed by atoms with Crippen LogP contribution in [0.2, 0.25) is 0 Å². The number of anilines is 1. The molecular weight excluding hydrogens is 200 g/mol. The van der Waals surface area contributed by atoms with Gasteiger partial charge in [0.15, 0.2) is 0 Å². The Kier molecular flexibility index (Phi) is 2.82. The summed E-state index contributed by atoms with van der Waals surface area (Å²) in [5, 5.41) is 7.14. The first-order chi connectivity index (χ1) is 7.93. The largest absolute Gasteiger partial charge is 0.353 e. The van der Waals surface area contributed by atoms with Gasteiger partial charge in [0.25, 0.3) is 0 Å². The lowest BCUT2D eigenvalue weighted by molar-refractivity contribution is 0.313. The van der Waals surface area contributed by atoms with Crippen molar-refractivity contribution in [3.05, 3.63) is 12.3 Å². The fraction of sp³-hybridized carbons (Fsp3) is 0.750. The molecular formula is C12H20N4. The van der Waals surface area contributed by atoms with E-state index in [1.165, 1.54) is 57.7 Å². The predicted molar refractivity (Wildman–Crippen MR) is 64.6 cm³/mol. The van der Waals surface area contributed by atoms with E-state index in [1.54, 1.807) is 0 Å². The Labute approximate surface area is 96.6 Å². The van der Waals surface area contributed by atoms with Crippen LogP contribution in [0.3, 0.4) is 0 Å². The lowest BCUT2D eigenvalue weighted by atomic mass is 10.2. The minimum atomic E-state index is 0.693. The lowest BCUT2D eigenvalue weighted by Gasteiger charge is -2.28. The zero-order valence-corrected chi connectivity index (χ0v) is 9.73. The Morgan fingerprint density at radius 1 is 1.25 bits per heavy atom. The van der Waals surface area contributed by atoms with Gasteiger partial charge in [-0.1, -0.05) is 0 Å². The average molecular weight is 220 g/mol. The van der Waals surface area contributed by atoms with E-state index in [4.69, 9.17) is 0 Å². The Balaban J connectivity index is 1.64. The maximum Gasteiger partial charge on any atom is 0.124 e. The molecule has 0 radical (unpaired) electrons. The van der Waals surface area contributed by atoms with Crippen LogP contribution >= 0.6 is 0 Å². The minimum Gasteiger partial charge on any atom is -0.353 e. The van der Waals surface area contributed by atoms with E-state index in [2.05, 4.69) is 26.1 Å². The van der Waals surface area contributed by atoms with Gasteiger partial charge in [-0.2, -0.15) is 5.10 Å². The summed E-state index contributed by atoms with van der Waals surface area (Å²) >= 11 is 0. The van der Waals surface area contributed by atoms with Crippen molar-refractivity contribution >= 4 is 5.82 Å². The number of hydrogen-bond donors (Lipinski definition) is 1.